The van der Waals surface area contributed by atoms with Crippen LogP contribution in [0.15, 0.2) is 52.3 Å². The lowest BCUT2D eigenvalue weighted by Gasteiger charge is -2.13. The molecule has 0 atom stereocenters. The number of benzene rings is 2. The van der Waals surface area contributed by atoms with Crippen LogP contribution >= 0.6 is 11.8 Å². The summed E-state index contributed by atoms with van der Waals surface area (Å²) in [6, 6.07) is 10.8. The smallest absolute Gasteiger partial charge is 0.298 e. The van der Waals surface area contributed by atoms with Crippen molar-refractivity contribution >= 4 is 18.0 Å². The largest absolute Gasteiger partial charge is 0.417 e. The van der Waals surface area contributed by atoms with E-state index in [9.17, 15) is 18.0 Å². The summed E-state index contributed by atoms with van der Waals surface area (Å²) >= 11 is 1.05. The third-order valence-corrected chi connectivity index (χ3v) is 4.01. The van der Waals surface area contributed by atoms with Gasteiger partial charge in [-0.15, -0.1) is 0 Å². The van der Waals surface area contributed by atoms with Crippen LogP contribution in [-0.2, 0) is 6.18 Å². The molecule has 2 aromatic carbocycles. The summed E-state index contributed by atoms with van der Waals surface area (Å²) in [4.78, 5) is 11.5. The van der Waals surface area contributed by atoms with E-state index in [1.807, 2.05) is 19.1 Å². The lowest BCUT2D eigenvalue weighted by atomic mass is 10.1. The van der Waals surface area contributed by atoms with Crippen molar-refractivity contribution in [2.24, 2.45) is 0 Å². The number of hydrogen-bond acceptors (Lipinski definition) is 2. The topological polar surface area (TPSA) is 17.1 Å². The first-order valence-corrected chi connectivity index (χ1v) is 6.63. The van der Waals surface area contributed by atoms with E-state index in [1.54, 1.807) is 12.1 Å². The van der Waals surface area contributed by atoms with Gasteiger partial charge in [0.1, 0.15) is 6.29 Å². The summed E-state index contributed by atoms with van der Waals surface area (Å²) in [5.41, 5.74) is 0.145. The first-order valence-electron chi connectivity index (χ1n) is 5.81. The highest BCUT2D eigenvalue weighted by molar-refractivity contribution is 7.99. The molecule has 0 aliphatic heterocycles. The molecule has 0 bridgehead atoms. The minimum Gasteiger partial charge on any atom is -0.298 e. The highest BCUT2D eigenvalue weighted by Crippen LogP contribution is 2.40. The summed E-state index contributed by atoms with van der Waals surface area (Å²) in [7, 11) is 0. The van der Waals surface area contributed by atoms with Crippen LogP contribution in [0.2, 0.25) is 0 Å². The Morgan fingerprint density at radius 2 is 1.75 bits per heavy atom. The molecule has 0 amide bonds. The zero-order chi connectivity index (χ0) is 14.8. The van der Waals surface area contributed by atoms with Crippen LogP contribution in [0.3, 0.4) is 0 Å². The Kier molecular flexibility index (Phi) is 4.18. The summed E-state index contributed by atoms with van der Waals surface area (Å²) in [5.74, 6) is 0. The van der Waals surface area contributed by atoms with Gasteiger partial charge in [-0.05, 0) is 30.7 Å². The molecule has 0 N–H and O–H groups in total. The molecule has 0 radical (unpaired) electrons. The zero-order valence-electron chi connectivity index (χ0n) is 10.6. The molecule has 20 heavy (non-hydrogen) atoms. The first kappa shape index (κ1) is 14.7. The second-order valence-corrected chi connectivity index (χ2v) is 5.32. The molecule has 5 heteroatoms. The molecule has 0 spiro atoms. The van der Waals surface area contributed by atoms with E-state index < -0.39 is 11.7 Å². The van der Waals surface area contributed by atoms with Crippen LogP contribution in [0, 0.1) is 6.92 Å². The van der Waals surface area contributed by atoms with Gasteiger partial charge in [-0.2, -0.15) is 13.2 Å². The quantitative estimate of drug-likeness (QED) is 0.743. The van der Waals surface area contributed by atoms with Gasteiger partial charge in [0.05, 0.1) is 5.56 Å². The highest BCUT2D eigenvalue weighted by Gasteiger charge is 2.34. The van der Waals surface area contributed by atoms with Crippen molar-refractivity contribution in [1.82, 2.24) is 0 Å². The van der Waals surface area contributed by atoms with Gasteiger partial charge in [0.15, 0.2) is 0 Å². The Labute approximate surface area is 118 Å². The molecule has 1 nitrogen and oxygen atoms in total. The Morgan fingerprint density at radius 3 is 2.35 bits per heavy atom. The monoisotopic (exact) mass is 296 g/mol. The second kappa shape index (κ2) is 5.71. The minimum absolute atomic E-state index is 0.0199. The fourth-order valence-electron chi connectivity index (χ4n) is 1.72. The average molecular weight is 296 g/mol. The molecule has 0 saturated carbocycles. The molecule has 0 aromatic heterocycles. The normalized spacial score (nSPS) is 11.4. The first-order chi connectivity index (χ1) is 9.41. The van der Waals surface area contributed by atoms with Crippen molar-refractivity contribution < 1.29 is 18.0 Å². The van der Waals surface area contributed by atoms with Crippen LogP contribution in [0.1, 0.15) is 21.5 Å². The molecule has 0 aliphatic carbocycles. The molecule has 0 fully saturated rings. The average Bonchev–Trinajstić information content (AvgIpc) is 2.40. The number of halogens is 3. The number of aryl methyl sites for hydroxylation is 1. The van der Waals surface area contributed by atoms with Gasteiger partial charge in [0, 0.05) is 15.4 Å². The molecule has 104 valence electrons. The predicted octanol–water partition coefficient (Wildman–Crippen LogP) is 4.98. The Morgan fingerprint density at radius 1 is 1.05 bits per heavy atom. The Balaban J connectivity index is 2.46. The summed E-state index contributed by atoms with van der Waals surface area (Å²) in [6.07, 6.45) is -4.07. The maximum absolute atomic E-state index is 13.0. The number of hydrogen-bond donors (Lipinski definition) is 0. The van der Waals surface area contributed by atoms with Crippen molar-refractivity contribution in [1.29, 1.82) is 0 Å². The molecule has 2 aromatic rings. The van der Waals surface area contributed by atoms with E-state index in [-0.39, 0.29) is 10.5 Å². The molecular formula is C15H11F3OS. The molecule has 0 aliphatic rings. The van der Waals surface area contributed by atoms with Gasteiger partial charge in [0.25, 0.3) is 0 Å². The van der Waals surface area contributed by atoms with Gasteiger partial charge in [-0.1, -0.05) is 36.0 Å². The van der Waals surface area contributed by atoms with Crippen LogP contribution in [0.5, 0.6) is 0 Å². The predicted molar refractivity (Wildman–Crippen MR) is 72.1 cm³/mol. The molecule has 0 unspecified atom stereocenters. The van der Waals surface area contributed by atoms with Gasteiger partial charge in [-0.25, -0.2) is 0 Å². The van der Waals surface area contributed by atoms with Crippen molar-refractivity contribution in [3.63, 3.8) is 0 Å². The van der Waals surface area contributed by atoms with Crippen LogP contribution in [0.4, 0.5) is 13.2 Å². The molecular weight excluding hydrogens is 285 g/mol. The van der Waals surface area contributed by atoms with E-state index >= 15 is 0 Å². The number of rotatable bonds is 3. The molecule has 0 heterocycles. The second-order valence-electron chi connectivity index (χ2n) is 4.24. The molecule has 2 rings (SSSR count). The van der Waals surface area contributed by atoms with Crippen molar-refractivity contribution in [2.75, 3.05) is 0 Å². The van der Waals surface area contributed by atoms with Crippen molar-refractivity contribution in [3.05, 3.63) is 59.2 Å². The minimum atomic E-state index is -4.48. The SMILES string of the molecule is Cc1ccccc1Sc1ccc(C=O)cc1C(F)(F)F. The van der Waals surface area contributed by atoms with Crippen LogP contribution in [0.25, 0.3) is 0 Å². The van der Waals surface area contributed by atoms with Gasteiger partial charge >= 0.3 is 6.18 Å². The van der Waals surface area contributed by atoms with Gasteiger partial charge < -0.3 is 0 Å². The van der Waals surface area contributed by atoms with Gasteiger partial charge in [-0.3, -0.25) is 4.79 Å². The summed E-state index contributed by atoms with van der Waals surface area (Å²) in [5, 5.41) is 0. The summed E-state index contributed by atoms with van der Waals surface area (Å²) < 4.78 is 39.1. The van der Waals surface area contributed by atoms with E-state index in [0.29, 0.717) is 6.29 Å². The Hall–Kier alpha value is -1.75. The zero-order valence-corrected chi connectivity index (χ0v) is 11.4. The Bertz CT molecular complexity index is 635. The lowest BCUT2D eigenvalue weighted by molar-refractivity contribution is -0.139. The number of carbonyl (C=O) groups excluding carboxylic acids is 1. The van der Waals surface area contributed by atoms with Crippen LogP contribution < -0.4 is 0 Å². The summed E-state index contributed by atoms with van der Waals surface area (Å²) in [6.45, 7) is 1.84. The molecule has 0 saturated heterocycles. The van der Waals surface area contributed by atoms with Gasteiger partial charge in [0.2, 0.25) is 0 Å². The number of carbonyl (C=O) groups is 1. The fraction of sp³-hybridized carbons (Fsp3) is 0.133. The number of aldehydes is 1. The van der Waals surface area contributed by atoms with Crippen molar-refractivity contribution in [2.45, 2.75) is 22.9 Å². The van der Waals surface area contributed by atoms with E-state index in [2.05, 4.69) is 0 Å². The lowest BCUT2D eigenvalue weighted by Crippen LogP contribution is -2.07. The van der Waals surface area contributed by atoms with E-state index in [1.165, 1.54) is 12.1 Å². The highest BCUT2D eigenvalue weighted by atomic mass is 32.2. The van der Waals surface area contributed by atoms with Crippen molar-refractivity contribution in [3.8, 4) is 0 Å². The fourth-order valence-corrected chi connectivity index (χ4v) is 2.75. The van der Waals surface area contributed by atoms with Crippen LogP contribution in [-0.4, -0.2) is 6.29 Å². The third-order valence-electron chi connectivity index (χ3n) is 2.76. The standard InChI is InChI=1S/C15H11F3OS/c1-10-4-2-3-5-13(10)20-14-7-6-11(9-19)8-12(14)15(16,17)18/h2-9H,1H3. The maximum atomic E-state index is 13.0. The van der Waals surface area contributed by atoms with E-state index in [4.69, 9.17) is 0 Å². The van der Waals surface area contributed by atoms with E-state index in [0.717, 1.165) is 28.3 Å². The maximum Gasteiger partial charge on any atom is 0.417 e. The third kappa shape index (κ3) is 3.22. The number of alkyl halides is 3.